The number of pyridine rings is 1. The van der Waals surface area contributed by atoms with Crippen molar-refractivity contribution in [2.45, 2.75) is 13.0 Å². The molecule has 1 unspecified atom stereocenters. The van der Waals surface area contributed by atoms with Crippen LogP contribution in [0.25, 0.3) is 0 Å². The van der Waals surface area contributed by atoms with Crippen LogP contribution in [0.15, 0.2) is 42.6 Å². The molecule has 0 N–H and O–H groups in total. The predicted molar refractivity (Wildman–Crippen MR) is 116 cm³/mol. The number of nitrogens with zero attached hydrogens (tertiary/aromatic N) is 4. The Morgan fingerprint density at radius 1 is 1.10 bits per heavy atom. The van der Waals surface area contributed by atoms with Gasteiger partial charge in [-0.25, -0.2) is 0 Å². The molecule has 2 aromatic rings. The molecule has 164 valence electrons. The second-order valence-corrected chi connectivity index (χ2v) is 7.87. The average Bonchev–Trinajstić information content (AvgIpc) is 3.20. The summed E-state index contributed by atoms with van der Waals surface area (Å²) >= 11 is 0. The fraction of sp³-hybridized carbons (Fsp3) is 0.435. The van der Waals surface area contributed by atoms with Crippen LogP contribution in [0.2, 0.25) is 0 Å². The maximum Gasteiger partial charge on any atom is 0.228 e. The lowest BCUT2D eigenvalue weighted by Gasteiger charge is -2.35. The zero-order chi connectivity index (χ0) is 21.8. The summed E-state index contributed by atoms with van der Waals surface area (Å²) in [5, 5.41) is 0. The first-order chi connectivity index (χ1) is 15.1. The second-order valence-electron chi connectivity index (χ2n) is 7.87. The van der Waals surface area contributed by atoms with Crippen LogP contribution < -0.4 is 14.4 Å². The largest absolute Gasteiger partial charge is 0.497 e. The van der Waals surface area contributed by atoms with Gasteiger partial charge in [0.05, 0.1) is 31.5 Å². The molecule has 4 rings (SSSR count). The summed E-state index contributed by atoms with van der Waals surface area (Å²) in [6, 6.07) is 11.3. The van der Waals surface area contributed by atoms with Crippen molar-refractivity contribution in [3.05, 3.63) is 48.3 Å². The van der Waals surface area contributed by atoms with Crippen molar-refractivity contribution >= 4 is 17.5 Å². The highest BCUT2D eigenvalue weighted by atomic mass is 16.5. The minimum absolute atomic E-state index is 0.0511. The van der Waals surface area contributed by atoms with Crippen molar-refractivity contribution in [2.75, 3.05) is 51.8 Å². The topological polar surface area (TPSA) is 75.2 Å². The van der Waals surface area contributed by atoms with Gasteiger partial charge in [-0.3, -0.25) is 19.5 Å². The maximum absolute atomic E-state index is 13.1. The Labute approximate surface area is 182 Å². The zero-order valence-corrected chi connectivity index (χ0v) is 18.0. The Morgan fingerprint density at radius 2 is 1.90 bits per heavy atom. The third-order valence-electron chi connectivity index (χ3n) is 5.95. The number of hydrogen-bond donors (Lipinski definition) is 0. The van der Waals surface area contributed by atoms with Gasteiger partial charge >= 0.3 is 0 Å². The van der Waals surface area contributed by atoms with E-state index in [9.17, 15) is 9.59 Å². The Balaban J connectivity index is 1.37. The lowest BCUT2D eigenvalue weighted by molar-refractivity contribution is -0.137. The van der Waals surface area contributed by atoms with Crippen LogP contribution in [0.3, 0.4) is 0 Å². The smallest absolute Gasteiger partial charge is 0.228 e. The van der Waals surface area contributed by atoms with Crippen LogP contribution in [-0.4, -0.2) is 73.5 Å². The van der Waals surface area contributed by atoms with Gasteiger partial charge in [-0.2, -0.15) is 0 Å². The van der Waals surface area contributed by atoms with Crippen molar-refractivity contribution in [3.8, 4) is 11.5 Å². The first kappa shape index (κ1) is 21.1. The van der Waals surface area contributed by atoms with Crippen molar-refractivity contribution in [3.63, 3.8) is 0 Å². The van der Waals surface area contributed by atoms with Crippen LogP contribution in [-0.2, 0) is 16.1 Å². The molecule has 2 fully saturated rings. The van der Waals surface area contributed by atoms with Crippen molar-refractivity contribution in [1.82, 2.24) is 14.8 Å². The molecule has 1 aromatic heterocycles. The van der Waals surface area contributed by atoms with Gasteiger partial charge in [0.25, 0.3) is 0 Å². The fourth-order valence-electron chi connectivity index (χ4n) is 4.22. The number of anilines is 1. The van der Waals surface area contributed by atoms with Crippen LogP contribution in [0, 0.1) is 5.92 Å². The highest BCUT2D eigenvalue weighted by Crippen LogP contribution is 2.36. The quantitative estimate of drug-likeness (QED) is 0.704. The summed E-state index contributed by atoms with van der Waals surface area (Å²) in [7, 11) is 3.15. The van der Waals surface area contributed by atoms with E-state index in [1.807, 2.05) is 23.1 Å². The maximum atomic E-state index is 13.1. The Morgan fingerprint density at radius 3 is 2.58 bits per heavy atom. The molecule has 0 aliphatic carbocycles. The molecule has 2 aliphatic rings. The highest BCUT2D eigenvalue weighted by molar-refractivity contribution is 6.01. The number of carbonyl (C=O) groups is 2. The summed E-state index contributed by atoms with van der Waals surface area (Å²) in [6.45, 7) is 4.08. The number of aromatic nitrogens is 1. The highest BCUT2D eigenvalue weighted by Gasteiger charge is 2.39. The van der Waals surface area contributed by atoms with Gasteiger partial charge in [0.15, 0.2) is 0 Å². The summed E-state index contributed by atoms with van der Waals surface area (Å²) in [5.41, 5.74) is 1.67. The Kier molecular flexibility index (Phi) is 6.36. The molecule has 8 nitrogen and oxygen atoms in total. The van der Waals surface area contributed by atoms with E-state index >= 15 is 0 Å². The lowest BCUT2D eigenvalue weighted by Crippen LogP contribution is -2.50. The predicted octanol–water partition coefficient (Wildman–Crippen LogP) is 1.80. The minimum atomic E-state index is -0.342. The molecule has 8 heteroatoms. The van der Waals surface area contributed by atoms with Crippen molar-refractivity contribution in [2.24, 2.45) is 5.92 Å². The van der Waals surface area contributed by atoms with Gasteiger partial charge in [0.2, 0.25) is 11.8 Å². The van der Waals surface area contributed by atoms with Crippen molar-refractivity contribution < 1.29 is 19.1 Å². The van der Waals surface area contributed by atoms with E-state index in [1.165, 1.54) is 0 Å². The van der Waals surface area contributed by atoms with Crippen LogP contribution in [0.4, 0.5) is 5.69 Å². The Hall–Kier alpha value is -3.13. The molecule has 3 heterocycles. The molecule has 1 aromatic carbocycles. The van der Waals surface area contributed by atoms with E-state index in [2.05, 4.69) is 9.88 Å². The van der Waals surface area contributed by atoms with Gasteiger partial charge < -0.3 is 19.3 Å². The van der Waals surface area contributed by atoms with Gasteiger partial charge in [-0.15, -0.1) is 0 Å². The first-order valence-corrected chi connectivity index (χ1v) is 10.5. The van der Waals surface area contributed by atoms with E-state index in [1.54, 1.807) is 43.5 Å². The average molecular weight is 425 g/mol. The van der Waals surface area contributed by atoms with E-state index in [-0.39, 0.29) is 24.2 Å². The second kappa shape index (κ2) is 9.34. The van der Waals surface area contributed by atoms with Crippen molar-refractivity contribution in [1.29, 1.82) is 0 Å². The fourth-order valence-corrected chi connectivity index (χ4v) is 4.22. The summed E-state index contributed by atoms with van der Waals surface area (Å²) < 4.78 is 10.7. The number of rotatable bonds is 6. The molecule has 31 heavy (non-hydrogen) atoms. The lowest BCUT2D eigenvalue weighted by atomic mass is 10.1. The third kappa shape index (κ3) is 4.64. The number of amides is 2. The normalized spacial score (nSPS) is 19.5. The van der Waals surface area contributed by atoms with Crippen LogP contribution >= 0.6 is 0 Å². The van der Waals surface area contributed by atoms with E-state index in [4.69, 9.17) is 9.47 Å². The number of hydrogen-bond acceptors (Lipinski definition) is 6. The molecule has 0 radical (unpaired) electrons. The molecular formula is C23H28N4O4. The van der Waals surface area contributed by atoms with Crippen LogP contribution in [0.1, 0.15) is 12.1 Å². The van der Waals surface area contributed by atoms with E-state index in [0.29, 0.717) is 36.8 Å². The monoisotopic (exact) mass is 424 g/mol. The molecule has 1 atom stereocenters. The van der Waals surface area contributed by atoms with Crippen LogP contribution in [0.5, 0.6) is 11.5 Å². The standard InChI is InChI=1S/C23H28N4O4/c1-30-19-6-7-21(31-2)20(14-19)27-15-17(13-22(27)28)23(29)26-11-9-25(10-12-26)16-18-5-3-4-8-24-18/h3-8,14,17H,9-13,15-16H2,1-2H3. The third-order valence-corrected chi connectivity index (χ3v) is 5.95. The molecule has 0 bridgehead atoms. The Bertz CT molecular complexity index is 928. The van der Waals surface area contributed by atoms with Gasteiger partial charge in [-0.1, -0.05) is 6.07 Å². The number of benzene rings is 1. The molecule has 0 spiro atoms. The van der Waals surface area contributed by atoms with E-state index < -0.39 is 0 Å². The van der Waals surface area contributed by atoms with Gasteiger partial charge in [0, 0.05) is 58.0 Å². The summed E-state index contributed by atoms with van der Waals surface area (Å²) in [6.07, 6.45) is 2.02. The molecular weight excluding hydrogens is 396 g/mol. The number of methoxy groups -OCH3 is 2. The molecule has 2 amide bonds. The first-order valence-electron chi connectivity index (χ1n) is 10.5. The number of carbonyl (C=O) groups excluding carboxylic acids is 2. The molecule has 0 saturated carbocycles. The molecule has 2 saturated heterocycles. The van der Waals surface area contributed by atoms with Gasteiger partial charge in [-0.05, 0) is 24.3 Å². The number of piperazine rings is 1. The zero-order valence-electron chi connectivity index (χ0n) is 18.0. The molecule has 2 aliphatic heterocycles. The SMILES string of the molecule is COc1ccc(OC)c(N2CC(C(=O)N3CCN(Cc4ccccn4)CC3)CC2=O)c1. The summed E-state index contributed by atoms with van der Waals surface area (Å²) in [4.78, 5) is 36.1. The minimum Gasteiger partial charge on any atom is -0.497 e. The van der Waals surface area contributed by atoms with Gasteiger partial charge in [0.1, 0.15) is 11.5 Å². The summed E-state index contributed by atoms with van der Waals surface area (Å²) in [5.74, 6) is 0.868. The van der Waals surface area contributed by atoms with E-state index in [0.717, 1.165) is 25.3 Å². The number of ether oxygens (including phenoxy) is 2.